The second-order valence-corrected chi connectivity index (χ2v) is 8.65. The van der Waals surface area contributed by atoms with E-state index < -0.39 is 0 Å². The van der Waals surface area contributed by atoms with Crippen LogP contribution in [0.1, 0.15) is 37.0 Å². The Kier molecular flexibility index (Phi) is 8.50. The molecular formula is C29H35N3O2. The molecule has 5 heteroatoms. The highest BCUT2D eigenvalue weighted by atomic mass is 16.5. The van der Waals surface area contributed by atoms with Crippen molar-refractivity contribution in [2.75, 3.05) is 32.1 Å². The molecule has 0 spiro atoms. The van der Waals surface area contributed by atoms with E-state index in [0.29, 0.717) is 24.7 Å². The van der Waals surface area contributed by atoms with Crippen LogP contribution in [0.3, 0.4) is 0 Å². The number of aliphatic imine (C=N–C) groups is 1. The minimum Gasteiger partial charge on any atom is -0.492 e. The summed E-state index contributed by atoms with van der Waals surface area (Å²) in [7, 11) is 4.11. The molecule has 0 atom stereocenters. The number of fused-ring (bicyclic) bond motifs is 1. The average Bonchev–Trinajstić information content (AvgIpc) is 3.12. The summed E-state index contributed by atoms with van der Waals surface area (Å²) in [5, 5.41) is 0. The first kappa shape index (κ1) is 25.1. The second-order valence-electron chi connectivity index (χ2n) is 8.65. The van der Waals surface area contributed by atoms with E-state index in [1.54, 1.807) is 6.21 Å². The highest BCUT2D eigenvalue weighted by Gasteiger charge is 2.25. The number of allylic oxidation sites excluding steroid dienone is 3. The SMILES string of the molecule is C=C(C)c1ccc2c(c1)N(Cc1cccc(C(=C)N=C/C(=C\C)OCCCN(C)C)c1)C(=C)O2. The smallest absolute Gasteiger partial charge is 0.193 e. The van der Waals surface area contributed by atoms with Crippen molar-refractivity contribution >= 4 is 23.2 Å². The van der Waals surface area contributed by atoms with Gasteiger partial charge in [0.2, 0.25) is 0 Å². The first-order chi connectivity index (χ1) is 16.3. The monoisotopic (exact) mass is 457 g/mol. The Morgan fingerprint density at radius 3 is 2.65 bits per heavy atom. The maximum absolute atomic E-state index is 5.87. The molecule has 1 heterocycles. The Morgan fingerprint density at radius 2 is 1.94 bits per heavy atom. The van der Waals surface area contributed by atoms with Gasteiger partial charge in [-0.3, -0.25) is 4.99 Å². The van der Waals surface area contributed by atoms with Crippen LogP contribution in [0, 0.1) is 0 Å². The van der Waals surface area contributed by atoms with E-state index in [9.17, 15) is 0 Å². The maximum atomic E-state index is 5.87. The first-order valence-corrected chi connectivity index (χ1v) is 11.5. The van der Waals surface area contributed by atoms with E-state index in [0.717, 1.165) is 52.4 Å². The van der Waals surface area contributed by atoms with Gasteiger partial charge in [0.15, 0.2) is 11.6 Å². The second kappa shape index (κ2) is 11.5. The van der Waals surface area contributed by atoms with Gasteiger partial charge >= 0.3 is 0 Å². The molecule has 0 N–H and O–H groups in total. The third-order valence-corrected chi connectivity index (χ3v) is 5.52. The Morgan fingerprint density at radius 1 is 1.15 bits per heavy atom. The molecule has 34 heavy (non-hydrogen) atoms. The van der Waals surface area contributed by atoms with Crippen LogP contribution in [-0.2, 0) is 11.3 Å². The van der Waals surface area contributed by atoms with Gasteiger partial charge in [-0.15, -0.1) is 0 Å². The van der Waals surface area contributed by atoms with Gasteiger partial charge in [0.25, 0.3) is 0 Å². The van der Waals surface area contributed by atoms with Crippen molar-refractivity contribution in [3.05, 3.63) is 96.6 Å². The summed E-state index contributed by atoms with van der Waals surface area (Å²) in [5.41, 5.74) is 5.84. The van der Waals surface area contributed by atoms with Crippen LogP contribution in [0.25, 0.3) is 11.3 Å². The lowest BCUT2D eigenvalue weighted by atomic mass is 10.1. The fraction of sp³-hybridized carbons (Fsp3) is 0.276. The van der Waals surface area contributed by atoms with Gasteiger partial charge in [0.1, 0.15) is 5.76 Å². The van der Waals surface area contributed by atoms with Gasteiger partial charge in [0, 0.05) is 6.54 Å². The molecule has 0 amide bonds. The lowest BCUT2D eigenvalue weighted by molar-refractivity contribution is 0.214. The zero-order chi connectivity index (χ0) is 24.7. The molecule has 1 aliphatic heterocycles. The molecule has 0 aromatic heterocycles. The molecule has 0 saturated carbocycles. The standard InChI is InChI=1S/C29H35N3O2/c1-8-27(33-16-10-15-31(6)7)19-30-22(4)26-12-9-11-24(17-26)20-32-23(5)34-29-14-13-25(21(2)3)18-28(29)32/h8-9,11-14,17-19H,2,4-5,10,15-16,20H2,1,3,6-7H3/b27-8+,30-19?. The van der Waals surface area contributed by atoms with Crippen LogP contribution in [0.2, 0.25) is 0 Å². The molecule has 2 aromatic carbocycles. The van der Waals surface area contributed by atoms with Gasteiger partial charge in [-0.1, -0.05) is 43.0 Å². The van der Waals surface area contributed by atoms with Crippen LogP contribution >= 0.6 is 0 Å². The summed E-state index contributed by atoms with van der Waals surface area (Å²) < 4.78 is 11.7. The van der Waals surface area contributed by atoms with Gasteiger partial charge < -0.3 is 19.3 Å². The third kappa shape index (κ3) is 6.49. The number of rotatable bonds is 11. The number of hydrogen-bond donors (Lipinski definition) is 0. The fourth-order valence-electron chi connectivity index (χ4n) is 3.58. The first-order valence-electron chi connectivity index (χ1n) is 11.5. The molecule has 0 bridgehead atoms. The lowest BCUT2D eigenvalue weighted by Crippen LogP contribution is -2.18. The quantitative estimate of drug-likeness (QED) is 0.219. The predicted molar refractivity (Wildman–Crippen MR) is 144 cm³/mol. The normalized spacial score (nSPS) is 13.4. The van der Waals surface area contributed by atoms with Gasteiger partial charge in [-0.25, -0.2) is 0 Å². The van der Waals surface area contributed by atoms with Crippen molar-refractivity contribution < 1.29 is 9.47 Å². The van der Waals surface area contributed by atoms with Crippen molar-refractivity contribution in [3.63, 3.8) is 0 Å². The minimum absolute atomic E-state index is 0.611. The summed E-state index contributed by atoms with van der Waals surface area (Å²) in [6.45, 7) is 18.5. The van der Waals surface area contributed by atoms with Crippen molar-refractivity contribution in [2.24, 2.45) is 4.99 Å². The Labute approximate surface area is 204 Å². The number of anilines is 1. The zero-order valence-electron chi connectivity index (χ0n) is 20.8. The van der Waals surface area contributed by atoms with Gasteiger partial charge in [0.05, 0.1) is 30.8 Å². The zero-order valence-corrected chi connectivity index (χ0v) is 20.8. The molecule has 0 radical (unpaired) electrons. The number of ether oxygens (including phenoxy) is 2. The van der Waals surface area contributed by atoms with E-state index in [1.807, 2.05) is 44.2 Å². The Bertz CT molecular complexity index is 1130. The van der Waals surface area contributed by atoms with Crippen molar-refractivity contribution in [1.29, 1.82) is 0 Å². The molecule has 1 aliphatic rings. The fourth-order valence-corrected chi connectivity index (χ4v) is 3.58. The van der Waals surface area contributed by atoms with Crippen LogP contribution in [0.4, 0.5) is 5.69 Å². The molecule has 3 rings (SSSR count). The number of nitrogens with zero attached hydrogens (tertiary/aromatic N) is 3. The van der Waals surface area contributed by atoms with Crippen molar-refractivity contribution in [2.45, 2.75) is 26.8 Å². The molecule has 0 saturated heterocycles. The van der Waals surface area contributed by atoms with Gasteiger partial charge in [-0.2, -0.15) is 0 Å². The molecule has 0 fully saturated rings. The van der Waals surface area contributed by atoms with Crippen molar-refractivity contribution in [1.82, 2.24) is 4.90 Å². The predicted octanol–water partition coefficient (Wildman–Crippen LogP) is 6.50. The molecule has 5 nitrogen and oxygen atoms in total. The molecule has 178 valence electrons. The minimum atomic E-state index is 0.611. The largest absolute Gasteiger partial charge is 0.492 e. The van der Waals surface area contributed by atoms with E-state index in [-0.39, 0.29) is 0 Å². The molecule has 0 unspecified atom stereocenters. The summed E-state index contributed by atoms with van der Waals surface area (Å²) in [5.74, 6) is 2.16. The number of benzene rings is 2. The van der Waals surface area contributed by atoms with Crippen LogP contribution in [-0.4, -0.2) is 38.4 Å². The van der Waals surface area contributed by atoms with Crippen LogP contribution < -0.4 is 9.64 Å². The summed E-state index contributed by atoms with van der Waals surface area (Å²) in [6.07, 6.45) is 4.61. The summed E-state index contributed by atoms with van der Waals surface area (Å²) >= 11 is 0. The third-order valence-electron chi connectivity index (χ3n) is 5.52. The highest BCUT2D eigenvalue weighted by molar-refractivity contribution is 5.82. The topological polar surface area (TPSA) is 37.3 Å². The Balaban J connectivity index is 1.68. The number of hydrogen-bond acceptors (Lipinski definition) is 5. The van der Waals surface area contributed by atoms with Gasteiger partial charge in [-0.05, 0) is 81.9 Å². The van der Waals surface area contributed by atoms with E-state index in [2.05, 4.69) is 66.8 Å². The molecular weight excluding hydrogens is 422 g/mol. The Hall–Kier alpha value is -3.57. The summed E-state index contributed by atoms with van der Waals surface area (Å²) in [6, 6.07) is 14.3. The maximum Gasteiger partial charge on any atom is 0.193 e. The average molecular weight is 458 g/mol. The highest BCUT2D eigenvalue weighted by Crippen LogP contribution is 2.41. The van der Waals surface area contributed by atoms with Crippen LogP contribution in [0.5, 0.6) is 5.75 Å². The van der Waals surface area contributed by atoms with Crippen LogP contribution in [0.15, 0.2) is 84.9 Å². The van der Waals surface area contributed by atoms with E-state index in [4.69, 9.17) is 9.47 Å². The van der Waals surface area contributed by atoms with E-state index >= 15 is 0 Å². The molecule has 0 aliphatic carbocycles. The lowest BCUT2D eigenvalue weighted by Gasteiger charge is -2.18. The summed E-state index contributed by atoms with van der Waals surface area (Å²) in [4.78, 5) is 8.76. The van der Waals surface area contributed by atoms with Crippen molar-refractivity contribution in [3.8, 4) is 5.75 Å². The van der Waals surface area contributed by atoms with E-state index in [1.165, 1.54) is 0 Å². The molecule has 2 aromatic rings.